The van der Waals surface area contributed by atoms with Gasteiger partial charge in [0, 0.05) is 17.6 Å². The standard InChI is InChI=1S/C8H10N6O2S2/c1-14-8(11-12-13-14)17-6-3-2-5(9)4-7(6)18(10,15)16/h2-4H,9H2,1H3,(H2,10,15,16). The van der Waals surface area contributed by atoms with E-state index in [1.165, 1.54) is 10.7 Å². The van der Waals surface area contributed by atoms with E-state index in [-0.39, 0.29) is 4.90 Å². The van der Waals surface area contributed by atoms with Gasteiger partial charge in [-0.15, -0.1) is 5.10 Å². The van der Waals surface area contributed by atoms with Crippen molar-refractivity contribution >= 4 is 27.5 Å². The van der Waals surface area contributed by atoms with Crippen molar-refractivity contribution < 1.29 is 8.42 Å². The molecule has 18 heavy (non-hydrogen) atoms. The lowest BCUT2D eigenvalue weighted by Gasteiger charge is -2.07. The van der Waals surface area contributed by atoms with Crippen LogP contribution in [0.1, 0.15) is 0 Å². The van der Waals surface area contributed by atoms with E-state index >= 15 is 0 Å². The summed E-state index contributed by atoms with van der Waals surface area (Å²) < 4.78 is 24.4. The number of aromatic nitrogens is 4. The highest BCUT2D eigenvalue weighted by Crippen LogP contribution is 2.31. The summed E-state index contributed by atoms with van der Waals surface area (Å²) in [5, 5.41) is 16.5. The second-order valence-electron chi connectivity index (χ2n) is 3.44. The largest absolute Gasteiger partial charge is 0.399 e. The smallest absolute Gasteiger partial charge is 0.239 e. The summed E-state index contributed by atoms with van der Waals surface area (Å²) in [6.07, 6.45) is 0. The molecule has 0 aliphatic rings. The molecule has 0 aliphatic heterocycles. The van der Waals surface area contributed by atoms with Crippen molar-refractivity contribution in [1.29, 1.82) is 0 Å². The van der Waals surface area contributed by atoms with E-state index in [1.807, 2.05) is 0 Å². The average molecular weight is 286 g/mol. The third-order valence-corrected chi connectivity index (χ3v) is 4.24. The molecular formula is C8H10N6O2S2. The number of nitrogens with two attached hydrogens (primary N) is 2. The average Bonchev–Trinajstić information content (AvgIpc) is 2.66. The summed E-state index contributed by atoms with van der Waals surface area (Å²) >= 11 is 1.10. The molecule has 4 N–H and O–H groups in total. The molecule has 0 saturated carbocycles. The first-order valence-electron chi connectivity index (χ1n) is 4.70. The Kier molecular flexibility index (Phi) is 3.24. The van der Waals surface area contributed by atoms with Gasteiger partial charge in [0.25, 0.3) is 0 Å². The molecule has 0 atom stereocenters. The quantitative estimate of drug-likeness (QED) is 0.733. The van der Waals surface area contributed by atoms with Crippen LogP contribution in [0.5, 0.6) is 0 Å². The Balaban J connectivity index is 2.49. The Morgan fingerprint density at radius 2 is 2.11 bits per heavy atom. The lowest BCUT2D eigenvalue weighted by atomic mass is 10.3. The molecule has 10 heteroatoms. The summed E-state index contributed by atoms with van der Waals surface area (Å²) in [4.78, 5) is 0.375. The van der Waals surface area contributed by atoms with Gasteiger partial charge in [0.05, 0.1) is 4.90 Å². The molecule has 2 aromatic rings. The molecule has 1 aromatic heterocycles. The van der Waals surface area contributed by atoms with Crippen molar-refractivity contribution in [2.24, 2.45) is 12.2 Å². The van der Waals surface area contributed by atoms with Gasteiger partial charge in [-0.3, -0.25) is 0 Å². The Labute approximate surface area is 107 Å². The van der Waals surface area contributed by atoms with Crippen molar-refractivity contribution in [2.75, 3.05) is 5.73 Å². The van der Waals surface area contributed by atoms with Gasteiger partial charge in [0.15, 0.2) is 0 Å². The SMILES string of the molecule is Cn1nnnc1Sc1ccc(N)cc1S(N)(=O)=O. The Morgan fingerprint density at radius 1 is 1.39 bits per heavy atom. The molecule has 1 aromatic carbocycles. The second kappa shape index (κ2) is 4.55. The Morgan fingerprint density at radius 3 is 2.67 bits per heavy atom. The van der Waals surface area contributed by atoms with Gasteiger partial charge in [-0.1, -0.05) is 0 Å². The van der Waals surface area contributed by atoms with Gasteiger partial charge in [-0.25, -0.2) is 18.2 Å². The maximum Gasteiger partial charge on any atom is 0.239 e. The maximum absolute atomic E-state index is 11.5. The van der Waals surface area contributed by atoms with E-state index < -0.39 is 10.0 Å². The monoisotopic (exact) mass is 286 g/mol. The van der Waals surface area contributed by atoms with E-state index in [1.54, 1.807) is 19.2 Å². The van der Waals surface area contributed by atoms with Crippen LogP contribution in [0.25, 0.3) is 0 Å². The van der Waals surface area contributed by atoms with Crippen molar-refractivity contribution in [3.05, 3.63) is 18.2 Å². The van der Waals surface area contributed by atoms with E-state index in [4.69, 9.17) is 10.9 Å². The van der Waals surface area contributed by atoms with Gasteiger partial charge < -0.3 is 5.73 Å². The summed E-state index contributed by atoms with van der Waals surface area (Å²) in [5.74, 6) is 0. The topological polar surface area (TPSA) is 130 Å². The molecule has 0 saturated heterocycles. The van der Waals surface area contributed by atoms with Crippen LogP contribution in [0, 0.1) is 0 Å². The molecule has 0 amide bonds. The van der Waals surface area contributed by atoms with E-state index in [9.17, 15) is 8.42 Å². The summed E-state index contributed by atoms with van der Waals surface area (Å²) in [6, 6.07) is 4.46. The highest BCUT2D eigenvalue weighted by molar-refractivity contribution is 8.00. The molecule has 0 aliphatic carbocycles. The van der Waals surface area contributed by atoms with Crippen LogP contribution in [-0.2, 0) is 17.1 Å². The van der Waals surface area contributed by atoms with E-state index in [2.05, 4.69) is 15.5 Å². The van der Waals surface area contributed by atoms with Gasteiger partial charge in [0.1, 0.15) is 0 Å². The molecule has 8 nitrogen and oxygen atoms in total. The number of rotatable bonds is 3. The van der Waals surface area contributed by atoms with Crippen LogP contribution >= 0.6 is 11.8 Å². The lowest BCUT2D eigenvalue weighted by molar-refractivity contribution is 0.595. The Bertz CT molecular complexity index is 681. The summed E-state index contributed by atoms with van der Waals surface area (Å²) in [5.41, 5.74) is 5.87. The van der Waals surface area contributed by atoms with Crippen molar-refractivity contribution in [3.8, 4) is 0 Å². The molecule has 1 heterocycles. The van der Waals surface area contributed by atoms with Gasteiger partial charge in [-0.05, 0) is 40.4 Å². The first kappa shape index (κ1) is 12.8. The van der Waals surface area contributed by atoms with Crippen LogP contribution in [0.2, 0.25) is 0 Å². The normalized spacial score (nSPS) is 11.7. The van der Waals surface area contributed by atoms with Crippen LogP contribution in [0.4, 0.5) is 5.69 Å². The fraction of sp³-hybridized carbons (Fsp3) is 0.125. The molecule has 0 radical (unpaired) electrons. The third kappa shape index (κ3) is 2.60. The van der Waals surface area contributed by atoms with Gasteiger partial charge >= 0.3 is 0 Å². The maximum atomic E-state index is 11.5. The first-order valence-corrected chi connectivity index (χ1v) is 7.07. The van der Waals surface area contributed by atoms with Crippen LogP contribution < -0.4 is 10.9 Å². The molecule has 0 spiro atoms. The number of hydrogen-bond acceptors (Lipinski definition) is 7. The van der Waals surface area contributed by atoms with Gasteiger partial charge in [0.2, 0.25) is 15.2 Å². The predicted octanol–water partition coefficient (Wildman–Crippen LogP) is -0.409. The van der Waals surface area contributed by atoms with Crippen molar-refractivity contribution in [3.63, 3.8) is 0 Å². The van der Waals surface area contributed by atoms with Crippen molar-refractivity contribution in [2.45, 2.75) is 14.9 Å². The zero-order valence-corrected chi connectivity index (χ0v) is 10.9. The van der Waals surface area contributed by atoms with Crippen LogP contribution in [0.3, 0.4) is 0 Å². The number of hydrogen-bond donors (Lipinski definition) is 2. The molecule has 0 bridgehead atoms. The van der Waals surface area contributed by atoms with E-state index in [0.717, 1.165) is 11.8 Å². The highest BCUT2D eigenvalue weighted by Gasteiger charge is 2.17. The number of tetrazole rings is 1. The fourth-order valence-corrected chi connectivity index (χ4v) is 3.10. The minimum absolute atomic E-state index is 0.0458. The number of nitrogens with zero attached hydrogens (tertiary/aromatic N) is 4. The zero-order valence-electron chi connectivity index (χ0n) is 9.31. The van der Waals surface area contributed by atoms with Crippen LogP contribution in [0.15, 0.2) is 33.1 Å². The van der Waals surface area contributed by atoms with Gasteiger partial charge in [-0.2, -0.15) is 0 Å². The minimum atomic E-state index is -3.85. The molecular weight excluding hydrogens is 276 g/mol. The van der Waals surface area contributed by atoms with Crippen LogP contribution in [-0.4, -0.2) is 28.6 Å². The zero-order chi connectivity index (χ0) is 13.3. The summed E-state index contributed by atoms with van der Waals surface area (Å²) in [7, 11) is -2.20. The molecule has 0 fully saturated rings. The second-order valence-corrected chi connectivity index (χ2v) is 5.98. The Hall–Kier alpha value is -1.65. The number of anilines is 1. The number of primary sulfonamides is 1. The number of nitrogen functional groups attached to an aromatic ring is 1. The third-order valence-electron chi connectivity index (χ3n) is 2.06. The number of aryl methyl sites for hydroxylation is 1. The molecule has 0 unspecified atom stereocenters. The molecule has 96 valence electrons. The fourth-order valence-electron chi connectivity index (χ4n) is 1.24. The lowest BCUT2D eigenvalue weighted by Crippen LogP contribution is -2.13. The number of benzene rings is 1. The number of sulfonamides is 1. The first-order chi connectivity index (χ1) is 8.38. The predicted molar refractivity (Wildman–Crippen MR) is 65.1 cm³/mol. The molecule has 2 rings (SSSR count). The minimum Gasteiger partial charge on any atom is -0.399 e. The van der Waals surface area contributed by atoms with E-state index in [0.29, 0.717) is 15.7 Å². The highest BCUT2D eigenvalue weighted by atomic mass is 32.2. The summed E-state index contributed by atoms with van der Waals surface area (Å²) in [6.45, 7) is 0. The van der Waals surface area contributed by atoms with Crippen molar-refractivity contribution in [1.82, 2.24) is 20.2 Å².